The van der Waals surface area contributed by atoms with Crippen molar-refractivity contribution in [1.29, 1.82) is 0 Å². The summed E-state index contributed by atoms with van der Waals surface area (Å²) in [6.07, 6.45) is 3.67. The fourth-order valence-corrected chi connectivity index (χ4v) is 2.93. The van der Waals surface area contributed by atoms with E-state index in [2.05, 4.69) is 9.97 Å². The Balaban J connectivity index is 2.08. The summed E-state index contributed by atoms with van der Waals surface area (Å²) in [6.45, 7) is 1.98. The number of rotatable bonds is 3. The van der Waals surface area contributed by atoms with Crippen LogP contribution in [0.5, 0.6) is 0 Å². The lowest BCUT2D eigenvalue weighted by Crippen LogP contribution is -2.05. The predicted molar refractivity (Wildman–Crippen MR) is 75.9 cm³/mol. The second-order valence-electron chi connectivity index (χ2n) is 4.33. The first-order chi connectivity index (χ1) is 9.69. The van der Waals surface area contributed by atoms with Crippen LogP contribution in [0.1, 0.15) is 16.1 Å². The van der Waals surface area contributed by atoms with Gasteiger partial charge in [-0.3, -0.25) is 4.79 Å². The molecular formula is C14H11N3O2S. The number of carbonyl (C=O) groups is 1. The van der Waals surface area contributed by atoms with Crippen molar-refractivity contribution in [1.82, 2.24) is 13.9 Å². The topological polar surface area (TPSA) is 64.8 Å². The first-order valence-corrected chi connectivity index (χ1v) is 7.08. The summed E-state index contributed by atoms with van der Waals surface area (Å²) in [7, 11) is -1.38. The summed E-state index contributed by atoms with van der Waals surface area (Å²) < 4.78 is 14.1. The van der Waals surface area contributed by atoms with E-state index in [-0.39, 0.29) is 5.69 Å². The number of hydrogen-bond donors (Lipinski definition) is 0. The second-order valence-corrected chi connectivity index (χ2v) is 5.69. The largest absolute Gasteiger partial charge is 0.296 e. The first kappa shape index (κ1) is 12.7. The molecule has 2 heterocycles. The van der Waals surface area contributed by atoms with Gasteiger partial charge in [0.05, 0.1) is 11.1 Å². The van der Waals surface area contributed by atoms with E-state index >= 15 is 0 Å². The van der Waals surface area contributed by atoms with Gasteiger partial charge in [0.25, 0.3) is 0 Å². The molecule has 100 valence electrons. The zero-order valence-electron chi connectivity index (χ0n) is 10.7. The zero-order valence-corrected chi connectivity index (χ0v) is 11.5. The Morgan fingerprint density at radius 3 is 2.65 bits per heavy atom. The van der Waals surface area contributed by atoms with Gasteiger partial charge < -0.3 is 0 Å². The summed E-state index contributed by atoms with van der Waals surface area (Å²) in [4.78, 5) is 19.6. The van der Waals surface area contributed by atoms with Crippen LogP contribution in [-0.4, -0.2) is 24.4 Å². The minimum atomic E-state index is -1.38. The maximum atomic E-state index is 12.5. The molecule has 1 atom stereocenters. The molecule has 0 bridgehead atoms. The first-order valence-electron chi connectivity index (χ1n) is 5.97. The zero-order chi connectivity index (χ0) is 14.1. The van der Waals surface area contributed by atoms with Gasteiger partial charge in [0.2, 0.25) is 0 Å². The van der Waals surface area contributed by atoms with Crippen molar-refractivity contribution < 1.29 is 9.00 Å². The summed E-state index contributed by atoms with van der Waals surface area (Å²) in [6, 6.07) is 9.17. The lowest BCUT2D eigenvalue weighted by Gasteiger charge is -2.04. The molecule has 0 fully saturated rings. The van der Waals surface area contributed by atoms with Crippen molar-refractivity contribution in [2.45, 2.75) is 11.8 Å². The Morgan fingerprint density at radius 2 is 1.95 bits per heavy atom. The number of nitrogens with zero attached hydrogens (tertiary/aromatic N) is 3. The SMILES string of the molecule is Cc1ccc(S(=O)n2ccc3nc(C=O)cnc32)cc1. The average molecular weight is 285 g/mol. The van der Waals surface area contributed by atoms with Crippen molar-refractivity contribution in [2.24, 2.45) is 0 Å². The molecule has 0 aliphatic carbocycles. The van der Waals surface area contributed by atoms with Gasteiger partial charge in [-0.25, -0.2) is 18.1 Å². The molecule has 3 aromatic rings. The molecule has 0 amide bonds. The van der Waals surface area contributed by atoms with E-state index in [9.17, 15) is 9.00 Å². The minimum absolute atomic E-state index is 0.261. The number of aldehydes is 1. The van der Waals surface area contributed by atoms with Crippen molar-refractivity contribution in [3.05, 3.63) is 54.0 Å². The van der Waals surface area contributed by atoms with Gasteiger partial charge in [-0.2, -0.15) is 0 Å². The standard InChI is InChI=1S/C14H11N3O2S/c1-10-2-4-12(5-3-10)20(19)17-7-6-13-14(17)15-8-11(9-18)16-13/h2-9H,1H3. The Kier molecular flexibility index (Phi) is 3.15. The molecule has 6 heteroatoms. The lowest BCUT2D eigenvalue weighted by molar-refractivity contribution is 0.111. The normalized spacial score (nSPS) is 12.4. The third kappa shape index (κ3) is 2.14. The van der Waals surface area contributed by atoms with Crippen LogP contribution in [0.2, 0.25) is 0 Å². The third-order valence-corrected chi connectivity index (χ3v) is 4.22. The highest BCUT2D eigenvalue weighted by Gasteiger charge is 2.12. The fourth-order valence-electron chi connectivity index (χ4n) is 1.86. The maximum absolute atomic E-state index is 12.5. The molecule has 0 saturated heterocycles. The predicted octanol–water partition coefficient (Wildman–Crippen LogP) is 2.12. The molecule has 3 rings (SSSR count). The molecule has 0 spiro atoms. The third-order valence-electron chi connectivity index (χ3n) is 2.90. The van der Waals surface area contributed by atoms with Gasteiger partial charge in [-0.1, -0.05) is 17.7 Å². The Bertz CT molecular complexity index is 809. The number of aryl methyl sites for hydroxylation is 1. The van der Waals surface area contributed by atoms with Gasteiger partial charge in [0.15, 0.2) is 22.9 Å². The fraction of sp³-hybridized carbons (Fsp3) is 0.0714. The Morgan fingerprint density at radius 1 is 1.20 bits per heavy atom. The molecule has 1 aromatic carbocycles. The van der Waals surface area contributed by atoms with Crippen LogP contribution in [-0.2, 0) is 11.0 Å². The summed E-state index contributed by atoms with van der Waals surface area (Å²) in [5, 5.41) is 0. The van der Waals surface area contributed by atoms with Crippen LogP contribution in [0.4, 0.5) is 0 Å². The summed E-state index contributed by atoms with van der Waals surface area (Å²) in [5.74, 6) is 0. The van der Waals surface area contributed by atoms with Gasteiger partial charge in [0.1, 0.15) is 11.2 Å². The number of carbonyl (C=O) groups excluding carboxylic acids is 1. The number of fused-ring (bicyclic) bond motifs is 1. The van der Waals surface area contributed by atoms with E-state index in [0.29, 0.717) is 22.3 Å². The second kappa shape index (κ2) is 4.97. The summed E-state index contributed by atoms with van der Waals surface area (Å²) >= 11 is 0. The highest BCUT2D eigenvalue weighted by Crippen LogP contribution is 2.17. The van der Waals surface area contributed by atoms with E-state index in [1.165, 1.54) is 6.20 Å². The molecular weight excluding hydrogens is 274 g/mol. The van der Waals surface area contributed by atoms with E-state index in [0.717, 1.165) is 5.56 Å². The van der Waals surface area contributed by atoms with Crippen molar-refractivity contribution in [3.8, 4) is 0 Å². The molecule has 20 heavy (non-hydrogen) atoms. The monoisotopic (exact) mass is 285 g/mol. The molecule has 0 radical (unpaired) electrons. The molecule has 0 aliphatic rings. The van der Waals surface area contributed by atoms with E-state index in [4.69, 9.17) is 0 Å². The average Bonchev–Trinajstić information content (AvgIpc) is 2.90. The molecule has 0 N–H and O–H groups in total. The Labute approximate surface area is 117 Å². The van der Waals surface area contributed by atoms with Crippen LogP contribution in [0.3, 0.4) is 0 Å². The van der Waals surface area contributed by atoms with Crippen LogP contribution in [0.25, 0.3) is 11.2 Å². The number of benzene rings is 1. The van der Waals surface area contributed by atoms with Crippen LogP contribution >= 0.6 is 0 Å². The van der Waals surface area contributed by atoms with E-state index in [1.54, 1.807) is 16.2 Å². The molecule has 5 nitrogen and oxygen atoms in total. The van der Waals surface area contributed by atoms with E-state index < -0.39 is 11.0 Å². The summed E-state index contributed by atoms with van der Waals surface area (Å²) in [5.41, 5.74) is 2.42. The quantitative estimate of drug-likeness (QED) is 0.691. The highest BCUT2D eigenvalue weighted by atomic mass is 32.2. The van der Waals surface area contributed by atoms with Gasteiger partial charge >= 0.3 is 0 Å². The smallest absolute Gasteiger partial charge is 0.171 e. The van der Waals surface area contributed by atoms with Gasteiger partial charge in [-0.15, -0.1) is 0 Å². The van der Waals surface area contributed by atoms with Crippen LogP contribution in [0.15, 0.2) is 47.6 Å². The van der Waals surface area contributed by atoms with Crippen molar-refractivity contribution >= 4 is 28.4 Å². The highest BCUT2D eigenvalue weighted by molar-refractivity contribution is 7.83. The minimum Gasteiger partial charge on any atom is -0.296 e. The lowest BCUT2D eigenvalue weighted by atomic mass is 10.2. The molecule has 0 aliphatic heterocycles. The van der Waals surface area contributed by atoms with E-state index in [1.807, 2.05) is 31.2 Å². The molecule has 0 saturated carbocycles. The Hall–Kier alpha value is -2.34. The number of hydrogen-bond acceptors (Lipinski definition) is 4. The van der Waals surface area contributed by atoms with Crippen molar-refractivity contribution in [2.75, 3.05) is 0 Å². The number of aromatic nitrogens is 3. The van der Waals surface area contributed by atoms with Crippen LogP contribution in [0, 0.1) is 6.92 Å². The van der Waals surface area contributed by atoms with Gasteiger partial charge in [-0.05, 0) is 25.1 Å². The van der Waals surface area contributed by atoms with Gasteiger partial charge in [0, 0.05) is 6.20 Å². The maximum Gasteiger partial charge on any atom is 0.171 e. The molecule has 2 aromatic heterocycles. The van der Waals surface area contributed by atoms with Crippen LogP contribution < -0.4 is 0 Å². The van der Waals surface area contributed by atoms with Crippen molar-refractivity contribution in [3.63, 3.8) is 0 Å². The molecule has 1 unspecified atom stereocenters.